The molecule has 0 saturated heterocycles. The average molecular weight is 329 g/mol. The fraction of sp³-hybridized carbons (Fsp3) is 0.273. The van der Waals surface area contributed by atoms with Gasteiger partial charge in [0.05, 0.1) is 12.5 Å². The summed E-state index contributed by atoms with van der Waals surface area (Å²) in [5, 5.41) is 20.0. The van der Waals surface area contributed by atoms with Gasteiger partial charge in [0.25, 0.3) is 0 Å². The summed E-state index contributed by atoms with van der Waals surface area (Å²) in [7, 11) is 0. The summed E-state index contributed by atoms with van der Waals surface area (Å²) in [6.45, 7) is 1.70. The normalized spacial score (nSPS) is 12.4. The van der Waals surface area contributed by atoms with Crippen LogP contribution in [0.3, 0.4) is 0 Å². The van der Waals surface area contributed by atoms with E-state index in [9.17, 15) is 9.18 Å². The van der Waals surface area contributed by atoms with Crippen LogP contribution in [0.4, 0.5) is 4.39 Å². The predicted molar refractivity (Wildman–Crippen MR) is 67.9 cm³/mol. The molecular weight excluding hydrogens is 319 g/mol. The van der Waals surface area contributed by atoms with Crippen molar-refractivity contribution in [2.24, 2.45) is 0 Å². The zero-order valence-electron chi connectivity index (χ0n) is 9.92. The molecule has 1 N–H and O–H groups in total. The molecule has 1 aromatic carbocycles. The zero-order chi connectivity index (χ0) is 14.0. The molecule has 6 nitrogen and oxygen atoms in total. The Morgan fingerprint density at radius 2 is 2.32 bits per heavy atom. The predicted octanol–water partition coefficient (Wildman–Crippen LogP) is 2.28. The van der Waals surface area contributed by atoms with Gasteiger partial charge in [-0.25, -0.2) is 9.07 Å². The minimum atomic E-state index is -0.938. The van der Waals surface area contributed by atoms with Crippen molar-refractivity contribution in [3.8, 4) is 11.4 Å². The molecule has 1 aromatic heterocycles. The number of hydrogen-bond donors (Lipinski definition) is 1. The summed E-state index contributed by atoms with van der Waals surface area (Å²) in [6, 6.07) is 3.73. The van der Waals surface area contributed by atoms with E-state index in [1.54, 1.807) is 6.92 Å². The molecule has 0 radical (unpaired) electrons. The molecule has 0 spiro atoms. The molecule has 1 heterocycles. The van der Waals surface area contributed by atoms with Crippen molar-refractivity contribution in [2.45, 2.75) is 19.4 Å². The molecule has 1 atom stereocenters. The minimum Gasteiger partial charge on any atom is -0.481 e. The van der Waals surface area contributed by atoms with Crippen LogP contribution in [-0.4, -0.2) is 31.3 Å². The second-order valence-corrected chi connectivity index (χ2v) is 4.87. The SMILES string of the molecule is CC(CC(=O)O)n1nnnc1-c1ccc(F)cc1Br. The smallest absolute Gasteiger partial charge is 0.305 e. The van der Waals surface area contributed by atoms with Crippen LogP contribution < -0.4 is 0 Å². The molecule has 0 bridgehead atoms. The van der Waals surface area contributed by atoms with Gasteiger partial charge in [-0.05, 0) is 51.5 Å². The lowest BCUT2D eigenvalue weighted by Gasteiger charge is -2.11. The van der Waals surface area contributed by atoms with E-state index in [0.717, 1.165) is 0 Å². The first-order valence-electron chi connectivity index (χ1n) is 5.44. The number of aliphatic carboxylic acids is 1. The maximum atomic E-state index is 13.1. The van der Waals surface area contributed by atoms with E-state index >= 15 is 0 Å². The van der Waals surface area contributed by atoms with E-state index in [2.05, 4.69) is 31.5 Å². The number of nitrogens with zero attached hydrogens (tertiary/aromatic N) is 4. The van der Waals surface area contributed by atoms with Crippen LogP contribution in [-0.2, 0) is 4.79 Å². The number of halogens is 2. The molecule has 0 aliphatic carbocycles. The van der Waals surface area contributed by atoms with Gasteiger partial charge in [-0.1, -0.05) is 0 Å². The number of tetrazole rings is 1. The number of benzene rings is 1. The van der Waals surface area contributed by atoms with Gasteiger partial charge in [0, 0.05) is 10.0 Å². The summed E-state index contributed by atoms with van der Waals surface area (Å²) >= 11 is 3.24. The van der Waals surface area contributed by atoms with Crippen molar-refractivity contribution in [3.05, 3.63) is 28.5 Å². The molecular formula is C11H10BrFN4O2. The van der Waals surface area contributed by atoms with Gasteiger partial charge in [0.2, 0.25) is 0 Å². The van der Waals surface area contributed by atoms with Crippen molar-refractivity contribution in [3.63, 3.8) is 0 Å². The first kappa shape index (κ1) is 13.6. The van der Waals surface area contributed by atoms with Gasteiger partial charge in [0.1, 0.15) is 5.82 Å². The molecule has 0 aliphatic heterocycles. The molecule has 2 rings (SSSR count). The van der Waals surface area contributed by atoms with Gasteiger partial charge in [-0.2, -0.15) is 0 Å². The van der Waals surface area contributed by atoms with E-state index < -0.39 is 12.0 Å². The Labute approximate surface area is 116 Å². The molecule has 19 heavy (non-hydrogen) atoms. The van der Waals surface area contributed by atoms with Crippen molar-refractivity contribution >= 4 is 21.9 Å². The Bertz CT molecular complexity index is 616. The fourth-order valence-corrected chi connectivity index (χ4v) is 2.21. The maximum Gasteiger partial charge on any atom is 0.305 e. The molecule has 0 saturated carbocycles. The van der Waals surface area contributed by atoms with Crippen molar-refractivity contribution < 1.29 is 14.3 Å². The second kappa shape index (κ2) is 5.43. The van der Waals surface area contributed by atoms with Gasteiger partial charge in [-0.3, -0.25) is 4.79 Å². The Balaban J connectivity index is 2.41. The van der Waals surface area contributed by atoms with Crippen molar-refractivity contribution in [2.75, 3.05) is 0 Å². The van der Waals surface area contributed by atoms with Crippen LogP contribution in [0.25, 0.3) is 11.4 Å². The molecule has 2 aromatic rings. The number of carboxylic acid groups (broad SMARTS) is 1. The van der Waals surface area contributed by atoms with Crippen molar-refractivity contribution in [1.82, 2.24) is 20.2 Å². The second-order valence-electron chi connectivity index (χ2n) is 4.02. The summed E-state index contributed by atoms with van der Waals surface area (Å²) < 4.78 is 15.0. The Hall–Kier alpha value is -1.83. The minimum absolute atomic E-state index is 0.100. The average Bonchev–Trinajstić information content (AvgIpc) is 2.76. The monoisotopic (exact) mass is 328 g/mol. The Morgan fingerprint density at radius 1 is 1.58 bits per heavy atom. The maximum absolute atomic E-state index is 13.1. The highest BCUT2D eigenvalue weighted by Crippen LogP contribution is 2.28. The van der Waals surface area contributed by atoms with Crippen molar-refractivity contribution in [1.29, 1.82) is 0 Å². The largest absolute Gasteiger partial charge is 0.481 e. The first-order valence-corrected chi connectivity index (χ1v) is 6.23. The summed E-state index contributed by atoms with van der Waals surface area (Å²) in [5.41, 5.74) is 0.601. The van der Waals surface area contributed by atoms with E-state index in [1.807, 2.05) is 0 Å². The lowest BCUT2D eigenvalue weighted by atomic mass is 10.2. The summed E-state index contributed by atoms with van der Waals surface area (Å²) in [4.78, 5) is 10.7. The Kier molecular flexibility index (Phi) is 3.89. The number of carbonyl (C=O) groups is 1. The lowest BCUT2D eigenvalue weighted by Crippen LogP contribution is -2.13. The topological polar surface area (TPSA) is 80.9 Å². The van der Waals surface area contributed by atoms with Crippen LogP contribution in [0.5, 0.6) is 0 Å². The molecule has 0 fully saturated rings. The molecule has 0 amide bonds. The van der Waals surface area contributed by atoms with Crippen LogP contribution >= 0.6 is 15.9 Å². The highest BCUT2D eigenvalue weighted by atomic mass is 79.9. The fourth-order valence-electron chi connectivity index (χ4n) is 1.68. The molecule has 8 heteroatoms. The third-order valence-corrected chi connectivity index (χ3v) is 3.21. The number of hydrogen-bond acceptors (Lipinski definition) is 4. The van der Waals surface area contributed by atoms with Crippen LogP contribution in [0.2, 0.25) is 0 Å². The third kappa shape index (κ3) is 2.95. The summed E-state index contributed by atoms with van der Waals surface area (Å²) in [6.07, 6.45) is -0.100. The van der Waals surface area contributed by atoms with Crippen LogP contribution in [0.15, 0.2) is 22.7 Å². The lowest BCUT2D eigenvalue weighted by molar-refractivity contribution is -0.137. The van der Waals surface area contributed by atoms with E-state index in [4.69, 9.17) is 5.11 Å². The van der Waals surface area contributed by atoms with Gasteiger partial charge < -0.3 is 5.11 Å². The first-order chi connectivity index (χ1) is 8.99. The number of aromatic nitrogens is 4. The zero-order valence-corrected chi connectivity index (χ0v) is 11.5. The Morgan fingerprint density at radius 3 is 2.95 bits per heavy atom. The highest BCUT2D eigenvalue weighted by molar-refractivity contribution is 9.10. The standard InChI is InChI=1S/C11H10BrFN4O2/c1-6(4-10(18)19)17-11(14-15-16-17)8-3-2-7(13)5-9(8)12/h2-3,5-6H,4H2,1H3,(H,18,19). The number of rotatable bonds is 4. The number of carboxylic acids is 1. The molecule has 1 unspecified atom stereocenters. The van der Waals surface area contributed by atoms with Crippen LogP contribution in [0.1, 0.15) is 19.4 Å². The van der Waals surface area contributed by atoms with Crippen LogP contribution in [0, 0.1) is 5.82 Å². The van der Waals surface area contributed by atoms with E-state index in [1.165, 1.54) is 22.9 Å². The van der Waals surface area contributed by atoms with Gasteiger partial charge in [-0.15, -0.1) is 5.10 Å². The quantitative estimate of drug-likeness (QED) is 0.931. The summed E-state index contributed by atoms with van der Waals surface area (Å²) in [5.74, 6) is -0.930. The van der Waals surface area contributed by atoms with Gasteiger partial charge >= 0.3 is 5.97 Å². The van der Waals surface area contributed by atoms with E-state index in [-0.39, 0.29) is 12.2 Å². The van der Waals surface area contributed by atoms with E-state index in [0.29, 0.717) is 15.9 Å². The third-order valence-electron chi connectivity index (χ3n) is 2.55. The highest BCUT2D eigenvalue weighted by Gasteiger charge is 2.18. The molecule has 0 aliphatic rings. The molecule has 100 valence electrons. The van der Waals surface area contributed by atoms with Gasteiger partial charge in [0.15, 0.2) is 5.82 Å².